The quantitative estimate of drug-likeness (QED) is 0.458. The minimum Gasteiger partial charge on any atom is -0.478 e. The second-order valence-corrected chi connectivity index (χ2v) is 6.43. The summed E-state index contributed by atoms with van der Waals surface area (Å²) in [6.45, 7) is 2.85. The van der Waals surface area contributed by atoms with Crippen molar-refractivity contribution in [2.75, 3.05) is 11.9 Å². The van der Waals surface area contributed by atoms with Crippen molar-refractivity contribution in [1.29, 1.82) is 0 Å². The highest BCUT2D eigenvalue weighted by atomic mass is 16.5. The average molecular weight is 364 g/mol. The van der Waals surface area contributed by atoms with E-state index in [4.69, 9.17) is 9.73 Å². The molecule has 0 amide bonds. The lowest BCUT2D eigenvalue weighted by atomic mass is 10.1. The van der Waals surface area contributed by atoms with Crippen molar-refractivity contribution >= 4 is 23.1 Å². The number of unbranched alkanes of at least 4 members (excludes halogenated alkanes) is 1. The van der Waals surface area contributed by atoms with E-state index < -0.39 is 5.97 Å². The van der Waals surface area contributed by atoms with Gasteiger partial charge in [0.25, 0.3) is 0 Å². The van der Waals surface area contributed by atoms with Crippen LogP contribution in [0.1, 0.15) is 43.0 Å². The van der Waals surface area contributed by atoms with E-state index in [9.17, 15) is 9.90 Å². The molecule has 2 N–H and O–H groups in total. The van der Waals surface area contributed by atoms with Gasteiger partial charge in [-0.2, -0.15) is 0 Å². The highest BCUT2D eigenvalue weighted by Gasteiger charge is 2.17. The second-order valence-electron chi connectivity index (χ2n) is 6.43. The molecule has 2 aromatic carbocycles. The fraction of sp³-hybridized carbons (Fsp3) is 0.273. The Morgan fingerprint density at radius 3 is 2.59 bits per heavy atom. The molecule has 0 unspecified atom stereocenters. The maximum Gasteiger partial charge on any atom is 0.335 e. The Morgan fingerprint density at radius 1 is 1.19 bits per heavy atom. The number of carbonyl (C=O) groups is 1. The van der Waals surface area contributed by atoms with Crippen LogP contribution >= 0.6 is 0 Å². The monoisotopic (exact) mass is 364 g/mol. The molecule has 5 nitrogen and oxygen atoms in total. The van der Waals surface area contributed by atoms with Crippen molar-refractivity contribution in [3.8, 4) is 11.5 Å². The minimum atomic E-state index is -0.981. The first kappa shape index (κ1) is 18.7. The molecule has 1 aliphatic carbocycles. The van der Waals surface area contributed by atoms with Gasteiger partial charge in [0.15, 0.2) is 5.75 Å². The summed E-state index contributed by atoms with van der Waals surface area (Å²) in [7, 11) is 0. The summed E-state index contributed by atoms with van der Waals surface area (Å²) < 4.78 is 6.13. The normalized spacial score (nSPS) is 12.9. The summed E-state index contributed by atoms with van der Waals surface area (Å²) in [4.78, 5) is 16.3. The maximum atomic E-state index is 11.6. The molecule has 0 aliphatic heterocycles. The van der Waals surface area contributed by atoms with Crippen LogP contribution < -0.4 is 10.1 Å². The number of rotatable bonds is 8. The van der Waals surface area contributed by atoms with Gasteiger partial charge < -0.3 is 15.2 Å². The van der Waals surface area contributed by atoms with Crippen LogP contribution in [0.15, 0.2) is 59.6 Å². The number of carboxylic acids is 1. The van der Waals surface area contributed by atoms with Gasteiger partial charge in [-0.3, -0.25) is 4.99 Å². The number of benzene rings is 2. The predicted octanol–water partition coefficient (Wildman–Crippen LogP) is 5.81. The summed E-state index contributed by atoms with van der Waals surface area (Å²) in [5.74, 6) is 0.262. The summed E-state index contributed by atoms with van der Waals surface area (Å²) in [5.41, 5.74) is 2.38. The summed E-state index contributed by atoms with van der Waals surface area (Å²) in [5, 5.41) is 12.8. The summed E-state index contributed by atoms with van der Waals surface area (Å²) >= 11 is 0. The van der Waals surface area contributed by atoms with Crippen molar-refractivity contribution in [1.82, 2.24) is 0 Å². The molecule has 27 heavy (non-hydrogen) atoms. The highest BCUT2D eigenvalue weighted by molar-refractivity contribution is 5.95. The molecule has 0 aromatic heterocycles. The van der Waals surface area contributed by atoms with E-state index in [1.165, 1.54) is 0 Å². The van der Waals surface area contributed by atoms with Crippen molar-refractivity contribution < 1.29 is 14.6 Å². The topological polar surface area (TPSA) is 70.9 Å². The standard InChI is InChI=1S/C22H24N2O3/c1-2-3-13-23-19-14-16(22(25)26)15-20(24-17-9-7-8-10-17)21(19)27-18-11-5-4-6-12-18/h4-8,11-12,14-15,23H,2-3,9-10,13H2,1H3,(H,25,26). The molecule has 0 atom stereocenters. The van der Waals surface area contributed by atoms with Crippen molar-refractivity contribution in [2.45, 2.75) is 32.6 Å². The van der Waals surface area contributed by atoms with Crippen LogP contribution in [0, 0.1) is 0 Å². The van der Waals surface area contributed by atoms with Gasteiger partial charge in [0.2, 0.25) is 0 Å². The number of hydrogen-bond acceptors (Lipinski definition) is 4. The molecular formula is C22H24N2O3. The first-order valence-corrected chi connectivity index (χ1v) is 9.27. The van der Waals surface area contributed by atoms with E-state index in [0.29, 0.717) is 22.9 Å². The van der Waals surface area contributed by atoms with Crippen LogP contribution in [0.2, 0.25) is 0 Å². The van der Waals surface area contributed by atoms with Crippen molar-refractivity contribution in [3.05, 3.63) is 60.2 Å². The lowest BCUT2D eigenvalue weighted by Crippen LogP contribution is -2.06. The van der Waals surface area contributed by atoms with Crippen LogP contribution in [0.3, 0.4) is 0 Å². The van der Waals surface area contributed by atoms with E-state index in [0.717, 1.165) is 37.9 Å². The second kappa shape index (κ2) is 9.03. The largest absolute Gasteiger partial charge is 0.478 e. The number of nitrogens with one attached hydrogen (secondary N) is 1. The fourth-order valence-corrected chi connectivity index (χ4v) is 2.85. The number of anilines is 1. The third kappa shape index (κ3) is 4.97. The number of carboxylic acid groups (broad SMARTS) is 1. The van der Waals surface area contributed by atoms with Crippen molar-refractivity contribution in [3.63, 3.8) is 0 Å². The van der Waals surface area contributed by atoms with E-state index in [1.54, 1.807) is 12.1 Å². The zero-order chi connectivity index (χ0) is 19.1. The molecule has 5 heteroatoms. The van der Waals surface area contributed by atoms with Gasteiger partial charge in [0.05, 0.1) is 11.3 Å². The minimum absolute atomic E-state index is 0.194. The molecule has 1 aliphatic rings. The molecule has 0 heterocycles. The van der Waals surface area contributed by atoms with Gasteiger partial charge in [-0.15, -0.1) is 0 Å². The first-order valence-electron chi connectivity index (χ1n) is 9.27. The molecule has 0 bridgehead atoms. The number of para-hydroxylation sites is 1. The molecule has 0 saturated carbocycles. The van der Waals surface area contributed by atoms with Gasteiger partial charge in [-0.25, -0.2) is 4.79 Å². The molecule has 0 radical (unpaired) electrons. The van der Waals surface area contributed by atoms with Crippen LogP contribution in [0.4, 0.5) is 11.4 Å². The smallest absolute Gasteiger partial charge is 0.335 e. The zero-order valence-electron chi connectivity index (χ0n) is 15.4. The number of aliphatic imine (C=N–C) groups is 1. The molecule has 0 fully saturated rings. The Kier molecular flexibility index (Phi) is 6.26. The van der Waals surface area contributed by atoms with E-state index >= 15 is 0 Å². The SMILES string of the molecule is CCCCNc1cc(C(=O)O)cc(N=C2CC=CC2)c1Oc1ccccc1. The van der Waals surface area contributed by atoms with Gasteiger partial charge in [-0.1, -0.05) is 43.7 Å². The molecule has 2 aromatic rings. The Morgan fingerprint density at radius 2 is 1.93 bits per heavy atom. The predicted molar refractivity (Wildman–Crippen MR) is 109 cm³/mol. The van der Waals surface area contributed by atoms with Crippen molar-refractivity contribution in [2.24, 2.45) is 4.99 Å². The van der Waals surface area contributed by atoms with Crippen LogP contribution in [-0.4, -0.2) is 23.3 Å². The fourth-order valence-electron chi connectivity index (χ4n) is 2.85. The zero-order valence-corrected chi connectivity index (χ0v) is 15.4. The van der Waals surface area contributed by atoms with Crippen LogP contribution in [0.5, 0.6) is 11.5 Å². The molecule has 3 rings (SSSR count). The van der Waals surface area contributed by atoms with E-state index in [2.05, 4.69) is 24.4 Å². The number of allylic oxidation sites excluding steroid dienone is 2. The maximum absolute atomic E-state index is 11.6. The Bertz CT molecular complexity index is 847. The molecule has 0 spiro atoms. The molecular weight excluding hydrogens is 340 g/mol. The Balaban J connectivity index is 2.05. The lowest BCUT2D eigenvalue weighted by molar-refractivity contribution is 0.0697. The third-order valence-corrected chi connectivity index (χ3v) is 4.28. The van der Waals surface area contributed by atoms with Crippen LogP contribution in [-0.2, 0) is 0 Å². The van der Waals surface area contributed by atoms with Gasteiger partial charge >= 0.3 is 5.97 Å². The van der Waals surface area contributed by atoms with Gasteiger partial charge in [0.1, 0.15) is 11.4 Å². The number of aromatic carboxylic acids is 1. The number of nitrogens with zero attached hydrogens (tertiary/aromatic N) is 1. The van der Waals surface area contributed by atoms with Crippen LogP contribution in [0.25, 0.3) is 0 Å². The summed E-state index contributed by atoms with van der Waals surface area (Å²) in [6, 6.07) is 12.7. The molecule has 140 valence electrons. The Labute approximate surface area is 159 Å². The first-order chi connectivity index (χ1) is 13.2. The Hall–Kier alpha value is -3.08. The van der Waals surface area contributed by atoms with Gasteiger partial charge in [-0.05, 0) is 30.7 Å². The lowest BCUT2D eigenvalue weighted by Gasteiger charge is -2.16. The summed E-state index contributed by atoms with van der Waals surface area (Å²) in [6.07, 6.45) is 7.72. The number of ether oxygens (including phenoxy) is 1. The van der Waals surface area contributed by atoms with Gasteiger partial charge in [0, 0.05) is 25.1 Å². The van der Waals surface area contributed by atoms with E-state index in [-0.39, 0.29) is 5.56 Å². The van der Waals surface area contributed by atoms with E-state index in [1.807, 2.05) is 30.3 Å². The molecule has 0 saturated heterocycles. The number of hydrogen-bond donors (Lipinski definition) is 2. The average Bonchev–Trinajstić information content (AvgIpc) is 3.18. The third-order valence-electron chi connectivity index (χ3n) is 4.28. The highest BCUT2D eigenvalue weighted by Crippen LogP contribution is 2.41.